The van der Waals surface area contributed by atoms with Crippen molar-refractivity contribution in [3.63, 3.8) is 0 Å². The maximum Gasteiger partial charge on any atom is 0.134 e. The highest BCUT2D eigenvalue weighted by Gasteiger charge is 2.00. The fourth-order valence-electron chi connectivity index (χ4n) is 1.43. The van der Waals surface area contributed by atoms with Crippen LogP contribution in [-0.2, 0) is 11.2 Å². The van der Waals surface area contributed by atoms with Gasteiger partial charge >= 0.3 is 0 Å². The van der Waals surface area contributed by atoms with Crippen LogP contribution in [0.15, 0.2) is 30.3 Å². The Hall–Kier alpha value is -1.41. The second kappa shape index (κ2) is 6.14. The number of nitrogens with one attached hydrogen (secondary N) is 1. The molecule has 2 heteroatoms. The van der Waals surface area contributed by atoms with Gasteiger partial charge in [-0.15, -0.1) is 0 Å². The number of carbonyl (C=O) groups is 1. The van der Waals surface area contributed by atoms with Gasteiger partial charge in [-0.25, -0.2) is 0 Å². The van der Waals surface area contributed by atoms with Crippen molar-refractivity contribution in [3.8, 4) is 0 Å². The standard InChI is InChI=1S/C13H17NO/c1-11(15)10-13-7-4-3-6-12(13)8-5-9-14-2/h3-8,14H,9-10H2,1-2H3. The van der Waals surface area contributed by atoms with E-state index in [0.29, 0.717) is 6.42 Å². The van der Waals surface area contributed by atoms with Crippen LogP contribution in [0.5, 0.6) is 0 Å². The van der Waals surface area contributed by atoms with Crippen LogP contribution in [0.25, 0.3) is 6.08 Å². The lowest BCUT2D eigenvalue weighted by Crippen LogP contribution is -2.04. The van der Waals surface area contributed by atoms with E-state index in [9.17, 15) is 4.79 Å². The maximum absolute atomic E-state index is 11.1. The molecule has 0 saturated heterocycles. The Morgan fingerprint density at radius 3 is 2.80 bits per heavy atom. The Balaban J connectivity index is 2.81. The molecular weight excluding hydrogens is 186 g/mol. The molecule has 0 bridgehead atoms. The molecule has 0 spiro atoms. The third kappa shape index (κ3) is 4.09. The van der Waals surface area contributed by atoms with Crippen molar-refractivity contribution < 1.29 is 4.79 Å². The highest BCUT2D eigenvalue weighted by atomic mass is 16.1. The molecule has 80 valence electrons. The van der Waals surface area contributed by atoms with Gasteiger partial charge in [-0.3, -0.25) is 4.79 Å². The summed E-state index contributed by atoms with van der Waals surface area (Å²) in [5.74, 6) is 0.199. The average Bonchev–Trinajstić information content (AvgIpc) is 2.20. The Bertz CT molecular complexity index is 355. The van der Waals surface area contributed by atoms with Crippen LogP contribution in [0.2, 0.25) is 0 Å². The minimum absolute atomic E-state index is 0.199. The van der Waals surface area contributed by atoms with Crippen molar-refractivity contribution in [3.05, 3.63) is 41.5 Å². The fraction of sp³-hybridized carbons (Fsp3) is 0.308. The molecule has 0 amide bonds. The topological polar surface area (TPSA) is 29.1 Å². The van der Waals surface area contributed by atoms with Crippen molar-refractivity contribution in [2.24, 2.45) is 0 Å². The van der Waals surface area contributed by atoms with Crippen LogP contribution in [0.3, 0.4) is 0 Å². The zero-order chi connectivity index (χ0) is 11.1. The van der Waals surface area contributed by atoms with Gasteiger partial charge in [-0.2, -0.15) is 0 Å². The van der Waals surface area contributed by atoms with E-state index in [1.54, 1.807) is 6.92 Å². The molecule has 1 rings (SSSR count). The molecular formula is C13H17NO. The summed E-state index contributed by atoms with van der Waals surface area (Å²) >= 11 is 0. The maximum atomic E-state index is 11.1. The molecule has 0 aliphatic heterocycles. The van der Waals surface area contributed by atoms with Crippen molar-refractivity contribution in [2.75, 3.05) is 13.6 Å². The van der Waals surface area contributed by atoms with Crippen LogP contribution in [0, 0.1) is 0 Å². The van der Waals surface area contributed by atoms with Crippen molar-refractivity contribution >= 4 is 11.9 Å². The predicted molar refractivity (Wildman–Crippen MR) is 63.8 cm³/mol. The summed E-state index contributed by atoms with van der Waals surface area (Å²) in [5.41, 5.74) is 2.22. The van der Waals surface area contributed by atoms with E-state index in [2.05, 4.69) is 17.5 Å². The van der Waals surface area contributed by atoms with Gasteiger partial charge in [0.2, 0.25) is 0 Å². The van der Waals surface area contributed by atoms with Gasteiger partial charge in [-0.1, -0.05) is 36.4 Å². The van der Waals surface area contributed by atoms with E-state index in [4.69, 9.17) is 0 Å². The fourth-order valence-corrected chi connectivity index (χ4v) is 1.43. The number of benzene rings is 1. The van der Waals surface area contributed by atoms with E-state index < -0.39 is 0 Å². The minimum atomic E-state index is 0.199. The minimum Gasteiger partial charge on any atom is -0.316 e. The van der Waals surface area contributed by atoms with E-state index in [1.165, 1.54) is 0 Å². The second-order valence-electron chi connectivity index (χ2n) is 3.54. The van der Waals surface area contributed by atoms with E-state index in [1.807, 2.05) is 31.3 Å². The smallest absolute Gasteiger partial charge is 0.134 e. The molecule has 15 heavy (non-hydrogen) atoms. The second-order valence-corrected chi connectivity index (χ2v) is 3.54. The first-order valence-corrected chi connectivity index (χ1v) is 5.12. The van der Waals surface area contributed by atoms with Crippen molar-refractivity contribution in [1.29, 1.82) is 0 Å². The van der Waals surface area contributed by atoms with Gasteiger partial charge in [0.15, 0.2) is 0 Å². The summed E-state index contributed by atoms with van der Waals surface area (Å²) in [5, 5.41) is 3.04. The molecule has 0 heterocycles. The highest BCUT2D eigenvalue weighted by molar-refractivity contribution is 5.79. The van der Waals surface area contributed by atoms with Gasteiger partial charge < -0.3 is 5.32 Å². The Morgan fingerprint density at radius 2 is 2.13 bits per heavy atom. The van der Waals surface area contributed by atoms with Gasteiger partial charge in [-0.05, 0) is 25.1 Å². The van der Waals surface area contributed by atoms with Gasteiger partial charge in [0.05, 0.1) is 0 Å². The molecule has 0 aliphatic carbocycles. The number of hydrogen-bond acceptors (Lipinski definition) is 2. The number of likely N-dealkylation sites (N-methyl/N-ethyl adjacent to an activating group) is 1. The van der Waals surface area contributed by atoms with Gasteiger partial charge in [0.25, 0.3) is 0 Å². The van der Waals surface area contributed by atoms with Gasteiger partial charge in [0, 0.05) is 13.0 Å². The van der Waals surface area contributed by atoms with Crippen molar-refractivity contribution in [2.45, 2.75) is 13.3 Å². The molecule has 0 radical (unpaired) electrons. The zero-order valence-corrected chi connectivity index (χ0v) is 9.29. The number of Topliss-reactive ketones (excluding diaryl/α,β-unsaturated/α-hetero) is 1. The Morgan fingerprint density at radius 1 is 1.40 bits per heavy atom. The Kier molecular flexibility index (Phi) is 4.78. The van der Waals surface area contributed by atoms with Crippen LogP contribution in [-0.4, -0.2) is 19.4 Å². The summed E-state index contributed by atoms with van der Waals surface area (Å²) in [6, 6.07) is 7.99. The molecule has 0 unspecified atom stereocenters. The molecule has 1 N–H and O–H groups in total. The molecule has 0 fully saturated rings. The third-order valence-electron chi connectivity index (χ3n) is 2.11. The molecule has 1 aromatic carbocycles. The van der Waals surface area contributed by atoms with Crippen molar-refractivity contribution in [1.82, 2.24) is 5.32 Å². The third-order valence-corrected chi connectivity index (χ3v) is 2.11. The largest absolute Gasteiger partial charge is 0.316 e. The van der Waals surface area contributed by atoms with Gasteiger partial charge in [0.1, 0.15) is 5.78 Å². The lowest BCUT2D eigenvalue weighted by atomic mass is 10.0. The summed E-state index contributed by atoms with van der Waals surface area (Å²) in [7, 11) is 1.91. The normalized spacial score (nSPS) is 10.8. The lowest BCUT2D eigenvalue weighted by Gasteiger charge is -2.03. The molecule has 0 atom stereocenters. The van der Waals surface area contributed by atoms with E-state index in [-0.39, 0.29) is 5.78 Å². The molecule has 2 nitrogen and oxygen atoms in total. The quantitative estimate of drug-likeness (QED) is 0.793. The van der Waals surface area contributed by atoms with Crippen LogP contribution >= 0.6 is 0 Å². The summed E-state index contributed by atoms with van der Waals surface area (Å²) in [6.07, 6.45) is 4.62. The summed E-state index contributed by atoms with van der Waals surface area (Å²) in [4.78, 5) is 11.1. The average molecular weight is 203 g/mol. The first-order chi connectivity index (χ1) is 7.24. The molecule has 1 aromatic rings. The van der Waals surface area contributed by atoms with Crippen LogP contribution in [0.1, 0.15) is 18.1 Å². The first-order valence-electron chi connectivity index (χ1n) is 5.12. The highest BCUT2D eigenvalue weighted by Crippen LogP contribution is 2.11. The number of ketones is 1. The first kappa shape index (κ1) is 11.7. The monoisotopic (exact) mass is 203 g/mol. The van der Waals surface area contributed by atoms with Crippen LogP contribution < -0.4 is 5.32 Å². The number of hydrogen-bond donors (Lipinski definition) is 1. The van der Waals surface area contributed by atoms with Crippen LogP contribution in [0.4, 0.5) is 0 Å². The number of rotatable bonds is 5. The summed E-state index contributed by atoms with van der Waals surface area (Å²) in [6.45, 7) is 2.46. The van der Waals surface area contributed by atoms with E-state index >= 15 is 0 Å². The molecule has 0 saturated carbocycles. The van der Waals surface area contributed by atoms with E-state index in [0.717, 1.165) is 17.7 Å². The lowest BCUT2D eigenvalue weighted by molar-refractivity contribution is -0.116. The summed E-state index contributed by atoms with van der Waals surface area (Å²) < 4.78 is 0. The molecule has 0 aromatic heterocycles. The zero-order valence-electron chi connectivity index (χ0n) is 9.29. The SMILES string of the molecule is CNCC=Cc1ccccc1CC(C)=O. The number of carbonyl (C=O) groups excluding carboxylic acids is 1. The molecule has 0 aliphatic rings. The Labute approximate surface area is 91.0 Å². The predicted octanol–water partition coefficient (Wildman–Crippen LogP) is 2.05.